The first kappa shape index (κ1) is 13.1. The van der Waals surface area contributed by atoms with Gasteiger partial charge < -0.3 is 15.1 Å². The van der Waals surface area contributed by atoms with E-state index in [9.17, 15) is 10.1 Å². The zero-order valence-electron chi connectivity index (χ0n) is 9.58. The summed E-state index contributed by atoms with van der Waals surface area (Å²) in [7, 11) is 3.73. The Morgan fingerprint density at radius 1 is 1.59 bits per heavy atom. The maximum Gasteiger partial charge on any atom is 0.374 e. The zero-order valence-corrected chi connectivity index (χ0v) is 9.58. The molecule has 94 valence electrons. The molecule has 9 nitrogen and oxygen atoms in total. The fourth-order valence-corrected chi connectivity index (χ4v) is 1.06. The van der Waals surface area contributed by atoms with Crippen molar-refractivity contribution >= 4 is 11.5 Å². The number of hydrogen-bond donors (Lipinski definition) is 2. The van der Waals surface area contributed by atoms with Crippen LogP contribution < -0.4 is 16.0 Å². The molecule has 9 heteroatoms. The summed E-state index contributed by atoms with van der Waals surface area (Å²) in [5, 5.41) is 10.8. The number of nitrogens with two attached hydrogens (primary N) is 1. The van der Waals surface area contributed by atoms with E-state index in [1.54, 1.807) is 0 Å². The van der Waals surface area contributed by atoms with Gasteiger partial charge in [-0.15, -0.1) is 0 Å². The van der Waals surface area contributed by atoms with Crippen LogP contribution in [0.2, 0.25) is 0 Å². The standard InChI is InChI=1S/C8H14N6O3/c1-13(2)3-4-17-8-6(14(15)16)7(12-9)10-5-11-8/h5H,3-4,9H2,1-2H3,(H,10,11,12). The van der Waals surface area contributed by atoms with Crippen LogP contribution in [0.25, 0.3) is 0 Å². The topological polar surface area (TPSA) is 119 Å². The third-order valence-electron chi connectivity index (χ3n) is 1.89. The lowest BCUT2D eigenvalue weighted by molar-refractivity contribution is -0.385. The molecule has 1 rings (SSSR count). The summed E-state index contributed by atoms with van der Waals surface area (Å²) in [4.78, 5) is 19.4. The van der Waals surface area contributed by atoms with Gasteiger partial charge in [-0.25, -0.2) is 10.8 Å². The van der Waals surface area contributed by atoms with Gasteiger partial charge in [0.2, 0.25) is 5.82 Å². The Hall–Kier alpha value is -2.00. The van der Waals surface area contributed by atoms with Gasteiger partial charge >= 0.3 is 5.69 Å². The largest absolute Gasteiger partial charge is 0.471 e. The van der Waals surface area contributed by atoms with E-state index >= 15 is 0 Å². The molecule has 0 aliphatic heterocycles. The Labute approximate surface area is 97.7 Å². The number of anilines is 1. The number of nitro groups is 1. The van der Waals surface area contributed by atoms with E-state index < -0.39 is 4.92 Å². The van der Waals surface area contributed by atoms with Crippen molar-refractivity contribution in [2.24, 2.45) is 5.84 Å². The van der Waals surface area contributed by atoms with E-state index in [0.717, 1.165) is 6.33 Å². The van der Waals surface area contributed by atoms with Crippen molar-refractivity contribution in [3.05, 3.63) is 16.4 Å². The highest BCUT2D eigenvalue weighted by atomic mass is 16.6. The van der Waals surface area contributed by atoms with Gasteiger partial charge in [0.15, 0.2) is 0 Å². The fourth-order valence-electron chi connectivity index (χ4n) is 1.06. The van der Waals surface area contributed by atoms with Gasteiger partial charge in [0, 0.05) is 6.54 Å². The summed E-state index contributed by atoms with van der Waals surface area (Å²) < 4.78 is 5.22. The normalized spacial score (nSPS) is 10.4. The Morgan fingerprint density at radius 3 is 2.82 bits per heavy atom. The van der Waals surface area contributed by atoms with Gasteiger partial charge in [-0.1, -0.05) is 0 Å². The Balaban J connectivity index is 2.87. The second-order valence-corrected chi connectivity index (χ2v) is 3.43. The number of rotatable bonds is 6. The summed E-state index contributed by atoms with van der Waals surface area (Å²) in [6.07, 6.45) is 1.15. The number of ether oxygens (including phenoxy) is 1. The molecule has 0 saturated heterocycles. The van der Waals surface area contributed by atoms with E-state index in [1.165, 1.54) is 0 Å². The van der Waals surface area contributed by atoms with Crippen LogP contribution in [-0.2, 0) is 0 Å². The molecule has 0 atom stereocenters. The SMILES string of the molecule is CN(C)CCOc1ncnc(NN)c1[N+](=O)[O-]. The molecular formula is C8H14N6O3. The van der Waals surface area contributed by atoms with Gasteiger partial charge in [0.05, 0.1) is 4.92 Å². The third kappa shape index (κ3) is 3.50. The molecule has 0 aromatic carbocycles. The molecule has 1 aromatic rings. The minimum absolute atomic E-state index is 0.0788. The number of likely N-dealkylation sites (N-methyl/N-ethyl adjacent to an activating group) is 1. The van der Waals surface area contributed by atoms with Crippen LogP contribution in [0.1, 0.15) is 0 Å². The Bertz CT molecular complexity index is 397. The smallest absolute Gasteiger partial charge is 0.374 e. The van der Waals surface area contributed by atoms with Crippen molar-refractivity contribution in [1.82, 2.24) is 14.9 Å². The first-order valence-corrected chi connectivity index (χ1v) is 4.79. The predicted molar refractivity (Wildman–Crippen MR) is 60.5 cm³/mol. The molecule has 0 aliphatic rings. The van der Waals surface area contributed by atoms with E-state index in [0.29, 0.717) is 6.54 Å². The second kappa shape index (κ2) is 5.92. The molecule has 0 radical (unpaired) electrons. The molecule has 0 amide bonds. The predicted octanol–water partition coefficient (Wildman–Crippen LogP) is -0.389. The van der Waals surface area contributed by atoms with Crippen molar-refractivity contribution in [3.63, 3.8) is 0 Å². The molecule has 0 unspecified atom stereocenters. The van der Waals surface area contributed by atoms with Crippen LogP contribution in [0.5, 0.6) is 5.88 Å². The van der Waals surface area contributed by atoms with Crippen molar-refractivity contribution in [3.8, 4) is 5.88 Å². The summed E-state index contributed by atoms with van der Waals surface area (Å²) in [6, 6.07) is 0. The molecule has 0 bridgehead atoms. The van der Waals surface area contributed by atoms with E-state index in [2.05, 4.69) is 15.4 Å². The van der Waals surface area contributed by atoms with Crippen molar-refractivity contribution in [2.45, 2.75) is 0 Å². The zero-order chi connectivity index (χ0) is 12.8. The highest BCUT2D eigenvalue weighted by Crippen LogP contribution is 2.29. The lowest BCUT2D eigenvalue weighted by Crippen LogP contribution is -2.20. The number of hydrazine groups is 1. The van der Waals surface area contributed by atoms with E-state index in [-0.39, 0.29) is 24.0 Å². The number of hydrogen-bond acceptors (Lipinski definition) is 8. The summed E-state index contributed by atoms with van der Waals surface area (Å²) in [5.41, 5.74) is 1.77. The lowest BCUT2D eigenvalue weighted by Gasteiger charge is -2.10. The minimum atomic E-state index is -0.639. The quantitative estimate of drug-likeness (QED) is 0.393. The monoisotopic (exact) mass is 242 g/mol. The summed E-state index contributed by atoms with van der Waals surface area (Å²) >= 11 is 0. The number of nitrogens with one attached hydrogen (secondary N) is 1. The van der Waals surface area contributed by atoms with Gasteiger partial charge in [-0.2, -0.15) is 4.98 Å². The van der Waals surface area contributed by atoms with Gasteiger partial charge in [-0.05, 0) is 14.1 Å². The van der Waals surface area contributed by atoms with E-state index in [1.807, 2.05) is 19.0 Å². The molecule has 0 saturated carbocycles. The Morgan fingerprint density at radius 2 is 2.29 bits per heavy atom. The molecule has 1 heterocycles. The summed E-state index contributed by atoms with van der Waals surface area (Å²) in [6.45, 7) is 0.904. The number of aromatic nitrogens is 2. The second-order valence-electron chi connectivity index (χ2n) is 3.43. The number of nitrogens with zero attached hydrogens (tertiary/aromatic N) is 4. The number of nitrogen functional groups attached to an aromatic ring is 1. The molecule has 17 heavy (non-hydrogen) atoms. The fraction of sp³-hybridized carbons (Fsp3) is 0.500. The first-order valence-electron chi connectivity index (χ1n) is 4.79. The highest BCUT2D eigenvalue weighted by Gasteiger charge is 2.23. The maximum atomic E-state index is 10.8. The Kier molecular flexibility index (Phi) is 4.55. The third-order valence-corrected chi connectivity index (χ3v) is 1.89. The first-order chi connectivity index (χ1) is 8.06. The minimum Gasteiger partial charge on any atom is -0.471 e. The van der Waals surface area contributed by atoms with Crippen LogP contribution in [0, 0.1) is 10.1 Å². The van der Waals surface area contributed by atoms with Crippen LogP contribution in [-0.4, -0.2) is 47.0 Å². The van der Waals surface area contributed by atoms with Gasteiger partial charge in [-0.3, -0.25) is 10.1 Å². The molecule has 0 spiro atoms. The molecule has 1 aromatic heterocycles. The van der Waals surface area contributed by atoms with Crippen LogP contribution in [0.4, 0.5) is 11.5 Å². The average Bonchev–Trinajstić information content (AvgIpc) is 2.27. The molecule has 0 fully saturated rings. The van der Waals surface area contributed by atoms with Crippen molar-refractivity contribution in [2.75, 3.05) is 32.7 Å². The van der Waals surface area contributed by atoms with Crippen LogP contribution in [0.15, 0.2) is 6.33 Å². The van der Waals surface area contributed by atoms with Crippen LogP contribution >= 0.6 is 0 Å². The van der Waals surface area contributed by atoms with Gasteiger partial charge in [0.1, 0.15) is 12.9 Å². The average molecular weight is 242 g/mol. The van der Waals surface area contributed by atoms with Crippen molar-refractivity contribution in [1.29, 1.82) is 0 Å². The van der Waals surface area contributed by atoms with E-state index in [4.69, 9.17) is 10.6 Å². The maximum absolute atomic E-state index is 10.8. The van der Waals surface area contributed by atoms with Crippen molar-refractivity contribution < 1.29 is 9.66 Å². The van der Waals surface area contributed by atoms with Gasteiger partial charge in [0.25, 0.3) is 5.88 Å². The lowest BCUT2D eigenvalue weighted by atomic mass is 10.4. The van der Waals surface area contributed by atoms with Crippen LogP contribution in [0.3, 0.4) is 0 Å². The molecular weight excluding hydrogens is 228 g/mol. The highest BCUT2D eigenvalue weighted by molar-refractivity contribution is 5.60. The summed E-state index contributed by atoms with van der Waals surface area (Å²) in [5.74, 6) is 4.95. The molecule has 0 aliphatic carbocycles. The molecule has 3 N–H and O–H groups in total.